The Kier molecular flexibility index (Phi) is 8.65. The van der Waals surface area contributed by atoms with Crippen molar-refractivity contribution < 1.29 is 19.1 Å². The van der Waals surface area contributed by atoms with Crippen LogP contribution in [0.15, 0.2) is 61.2 Å². The molecule has 1 heterocycles. The van der Waals surface area contributed by atoms with E-state index in [1.165, 1.54) is 0 Å². The number of likely N-dealkylation sites (tertiary alicyclic amines) is 1. The Morgan fingerprint density at radius 2 is 1.81 bits per heavy atom. The number of urea groups is 1. The van der Waals surface area contributed by atoms with Gasteiger partial charge >= 0.3 is 6.03 Å². The maximum Gasteiger partial charge on any atom is 0.327 e. The first kappa shape index (κ1) is 26.7. The summed E-state index contributed by atoms with van der Waals surface area (Å²) in [5.41, 5.74) is 1.71. The Balaban J connectivity index is 1.80. The Labute approximate surface area is 212 Å². The fourth-order valence-corrected chi connectivity index (χ4v) is 4.52. The van der Waals surface area contributed by atoms with E-state index >= 15 is 0 Å². The van der Waals surface area contributed by atoms with E-state index in [2.05, 4.69) is 11.9 Å². The number of carbonyl (C=O) groups excluding carboxylic acids is 3. The van der Waals surface area contributed by atoms with Crippen LogP contribution in [0.2, 0.25) is 0 Å². The standard InChI is InChI=1S/C29H33N3O4/c1-5-9-24(21-13-11-20(4)12-14-21)31-28(35)32-26(34)29(6-2,7-3)27(32)36-23-17-15-22(16-18-23)25(33)10-8-19-30/h5,11-18,24,27H,1,6-10H2,2-4H3,(H,31,35)/t24-,27?/m1/s1. The van der Waals surface area contributed by atoms with Crippen LogP contribution in [0.1, 0.15) is 73.5 Å². The lowest BCUT2D eigenvalue weighted by Gasteiger charge is -2.53. The Hall–Kier alpha value is -3.92. The number of nitriles is 1. The quantitative estimate of drug-likeness (QED) is 0.243. The lowest BCUT2D eigenvalue weighted by molar-refractivity contribution is -0.190. The number of β-lactam (4-membered cyclic amide) rings is 1. The number of nitrogens with one attached hydrogen (secondary N) is 1. The molecule has 3 rings (SSSR count). The molecule has 0 bridgehead atoms. The first-order valence-electron chi connectivity index (χ1n) is 12.3. The van der Waals surface area contributed by atoms with Crippen LogP contribution in [-0.2, 0) is 4.79 Å². The third-order valence-corrected chi connectivity index (χ3v) is 6.90. The van der Waals surface area contributed by atoms with E-state index in [1.807, 2.05) is 51.1 Å². The number of Topliss-reactive ketones (excluding diaryl/α,β-unsaturated/α-hetero) is 1. The number of nitrogens with zero attached hydrogens (tertiary/aromatic N) is 2. The van der Waals surface area contributed by atoms with E-state index in [0.717, 1.165) is 16.0 Å². The van der Waals surface area contributed by atoms with Gasteiger partial charge in [-0.15, -0.1) is 6.58 Å². The maximum absolute atomic E-state index is 13.3. The number of aryl methyl sites for hydroxylation is 1. The molecule has 36 heavy (non-hydrogen) atoms. The lowest BCUT2D eigenvalue weighted by atomic mass is 9.72. The van der Waals surface area contributed by atoms with Crippen LogP contribution in [0.3, 0.4) is 0 Å². The van der Waals surface area contributed by atoms with Crippen molar-refractivity contribution in [1.82, 2.24) is 10.2 Å². The number of imide groups is 1. The molecule has 1 unspecified atom stereocenters. The summed E-state index contributed by atoms with van der Waals surface area (Å²) in [5, 5.41) is 11.7. The highest BCUT2D eigenvalue weighted by atomic mass is 16.5. The molecule has 1 aliphatic heterocycles. The second-order valence-electron chi connectivity index (χ2n) is 9.05. The average molecular weight is 488 g/mol. The van der Waals surface area contributed by atoms with Crippen molar-refractivity contribution in [2.75, 3.05) is 0 Å². The summed E-state index contributed by atoms with van der Waals surface area (Å²) < 4.78 is 6.19. The van der Waals surface area contributed by atoms with Crippen LogP contribution in [0, 0.1) is 23.7 Å². The van der Waals surface area contributed by atoms with Crippen molar-refractivity contribution in [3.63, 3.8) is 0 Å². The highest BCUT2D eigenvalue weighted by Gasteiger charge is 2.63. The fourth-order valence-electron chi connectivity index (χ4n) is 4.52. The summed E-state index contributed by atoms with van der Waals surface area (Å²) in [5.74, 6) is 0.0675. The van der Waals surface area contributed by atoms with E-state index in [0.29, 0.717) is 30.6 Å². The molecule has 1 fully saturated rings. The largest absolute Gasteiger partial charge is 0.469 e. The number of hydrogen-bond acceptors (Lipinski definition) is 5. The summed E-state index contributed by atoms with van der Waals surface area (Å²) in [4.78, 5) is 39.9. The Morgan fingerprint density at radius 1 is 1.17 bits per heavy atom. The van der Waals surface area contributed by atoms with Gasteiger partial charge in [-0.1, -0.05) is 49.8 Å². The fraction of sp³-hybridized carbons (Fsp3) is 0.379. The Bertz CT molecular complexity index is 1140. The first-order valence-corrected chi connectivity index (χ1v) is 12.3. The second kappa shape index (κ2) is 11.7. The SMILES string of the molecule is C=CC[C@@H](NC(=O)N1C(=O)C(CC)(CC)C1Oc1ccc(C(=O)CCC#N)cc1)c1ccc(C)cc1. The van der Waals surface area contributed by atoms with Gasteiger partial charge in [-0.3, -0.25) is 9.59 Å². The van der Waals surface area contributed by atoms with Gasteiger partial charge in [0.1, 0.15) is 11.2 Å². The van der Waals surface area contributed by atoms with Crippen LogP contribution in [0.25, 0.3) is 0 Å². The highest BCUT2D eigenvalue weighted by molar-refractivity contribution is 6.03. The molecule has 7 heteroatoms. The van der Waals surface area contributed by atoms with Crippen molar-refractivity contribution in [3.8, 4) is 11.8 Å². The number of carbonyl (C=O) groups is 3. The molecule has 1 N–H and O–H groups in total. The molecular formula is C29H33N3O4. The van der Waals surface area contributed by atoms with Gasteiger partial charge < -0.3 is 10.1 Å². The maximum atomic E-state index is 13.3. The third-order valence-electron chi connectivity index (χ3n) is 6.90. The number of amides is 3. The molecule has 0 aromatic heterocycles. The number of benzene rings is 2. The molecule has 1 aliphatic rings. The molecule has 3 amide bonds. The van der Waals surface area contributed by atoms with Crippen molar-refractivity contribution in [2.45, 2.75) is 65.1 Å². The van der Waals surface area contributed by atoms with E-state index in [4.69, 9.17) is 10.00 Å². The normalized spacial score (nSPS) is 16.9. The average Bonchev–Trinajstić information content (AvgIpc) is 2.88. The number of rotatable bonds is 11. The van der Waals surface area contributed by atoms with E-state index in [1.54, 1.807) is 30.3 Å². The predicted molar refractivity (Wildman–Crippen MR) is 137 cm³/mol. The monoisotopic (exact) mass is 487 g/mol. The molecule has 7 nitrogen and oxygen atoms in total. The second-order valence-corrected chi connectivity index (χ2v) is 9.05. The minimum atomic E-state index is -0.809. The Morgan fingerprint density at radius 3 is 2.36 bits per heavy atom. The van der Waals surface area contributed by atoms with Gasteiger partial charge in [0.25, 0.3) is 0 Å². The van der Waals surface area contributed by atoms with E-state index in [-0.39, 0.29) is 30.6 Å². The minimum absolute atomic E-state index is 0.122. The zero-order chi connectivity index (χ0) is 26.3. The van der Waals surface area contributed by atoms with Crippen molar-refractivity contribution in [3.05, 3.63) is 77.9 Å². The molecule has 0 radical (unpaired) electrons. The molecule has 1 saturated heterocycles. The van der Waals surface area contributed by atoms with Crippen molar-refractivity contribution in [1.29, 1.82) is 5.26 Å². The van der Waals surface area contributed by atoms with Crippen LogP contribution in [-0.4, -0.2) is 28.8 Å². The third kappa shape index (κ3) is 5.33. The van der Waals surface area contributed by atoms with E-state index < -0.39 is 17.7 Å². The molecular weight excluding hydrogens is 454 g/mol. The number of hydrogen-bond donors (Lipinski definition) is 1. The van der Waals surface area contributed by atoms with Gasteiger partial charge in [0.05, 0.1) is 12.1 Å². The summed E-state index contributed by atoms with van der Waals surface area (Å²) in [6, 6.07) is 15.6. The van der Waals surface area contributed by atoms with Crippen molar-refractivity contribution >= 4 is 17.7 Å². The van der Waals surface area contributed by atoms with E-state index in [9.17, 15) is 14.4 Å². The number of ketones is 1. The molecule has 2 aromatic carbocycles. The molecule has 0 aliphatic carbocycles. The minimum Gasteiger partial charge on any atom is -0.469 e. The summed E-state index contributed by atoms with van der Waals surface area (Å²) in [6.07, 6.45) is 2.84. The topological polar surface area (TPSA) is 99.5 Å². The highest BCUT2D eigenvalue weighted by Crippen LogP contribution is 2.46. The molecule has 188 valence electrons. The first-order chi connectivity index (χ1) is 17.3. The van der Waals surface area contributed by atoms with Gasteiger partial charge in [0.2, 0.25) is 5.91 Å². The predicted octanol–water partition coefficient (Wildman–Crippen LogP) is 5.86. The summed E-state index contributed by atoms with van der Waals surface area (Å²) in [7, 11) is 0. The van der Waals surface area contributed by atoms with Gasteiger partial charge in [-0.25, -0.2) is 9.69 Å². The zero-order valence-electron chi connectivity index (χ0n) is 21.1. The molecule has 2 aromatic rings. The van der Waals surface area contributed by atoms with Gasteiger partial charge in [-0.2, -0.15) is 5.26 Å². The molecule has 0 saturated carbocycles. The summed E-state index contributed by atoms with van der Waals surface area (Å²) in [6.45, 7) is 9.63. The van der Waals surface area contributed by atoms with Gasteiger partial charge in [-0.05, 0) is 56.0 Å². The lowest BCUT2D eigenvalue weighted by Crippen LogP contribution is -2.73. The van der Waals surface area contributed by atoms with Crippen LogP contribution < -0.4 is 10.1 Å². The zero-order valence-corrected chi connectivity index (χ0v) is 21.1. The molecule has 2 atom stereocenters. The van der Waals surface area contributed by atoms with Crippen LogP contribution >= 0.6 is 0 Å². The van der Waals surface area contributed by atoms with Gasteiger partial charge in [0, 0.05) is 18.4 Å². The van der Waals surface area contributed by atoms with Crippen LogP contribution in [0.5, 0.6) is 5.75 Å². The molecule has 0 spiro atoms. The van der Waals surface area contributed by atoms with Crippen LogP contribution in [0.4, 0.5) is 4.79 Å². The van der Waals surface area contributed by atoms with Crippen molar-refractivity contribution in [2.24, 2.45) is 5.41 Å². The summed E-state index contributed by atoms with van der Waals surface area (Å²) >= 11 is 0. The smallest absolute Gasteiger partial charge is 0.327 e. The number of ether oxygens (including phenoxy) is 1. The van der Waals surface area contributed by atoms with Gasteiger partial charge in [0.15, 0.2) is 12.0 Å².